The van der Waals surface area contributed by atoms with Gasteiger partial charge < -0.3 is 9.84 Å². The first-order valence-corrected chi connectivity index (χ1v) is 5.20. The van der Waals surface area contributed by atoms with E-state index in [0.717, 1.165) is 23.5 Å². The highest BCUT2D eigenvalue weighted by Gasteiger charge is 2.32. The molecule has 0 aromatic rings. The first kappa shape index (κ1) is 9.63. The summed E-state index contributed by atoms with van der Waals surface area (Å²) in [6.45, 7) is 0. The van der Waals surface area contributed by atoms with Crippen molar-refractivity contribution in [1.82, 2.24) is 0 Å². The minimum Gasteiger partial charge on any atom is -0.385 e. The van der Waals surface area contributed by atoms with E-state index in [1.807, 2.05) is 0 Å². The molecular formula is C6H6O4S2. The van der Waals surface area contributed by atoms with Crippen LogP contribution < -0.4 is 0 Å². The lowest BCUT2D eigenvalue weighted by molar-refractivity contribution is -0.150. The lowest BCUT2D eigenvalue weighted by Crippen LogP contribution is -2.00. The third-order valence-electron chi connectivity index (χ3n) is 1.18. The van der Waals surface area contributed by atoms with Gasteiger partial charge >= 0.3 is 11.9 Å². The van der Waals surface area contributed by atoms with E-state index in [0.29, 0.717) is 0 Å². The molecule has 1 aliphatic rings. The second-order valence-corrected chi connectivity index (χ2v) is 3.58. The van der Waals surface area contributed by atoms with Gasteiger partial charge in [-0.2, -0.15) is 0 Å². The molecule has 0 bridgehead atoms. The molecule has 1 heterocycles. The van der Waals surface area contributed by atoms with Crippen molar-refractivity contribution in [1.29, 1.82) is 0 Å². The summed E-state index contributed by atoms with van der Waals surface area (Å²) >= 11 is 2.05. The van der Waals surface area contributed by atoms with Crippen LogP contribution in [0.4, 0.5) is 0 Å². The van der Waals surface area contributed by atoms with Gasteiger partial charge in [-0.1, -0.05) is 11.8 Å². The summed E-state index contributed by atoms with van der Waals surface area (Å²) in [7, 11) is 0. The minimum absolute atomic E-state index is 0.204. The Balaban J connectivity index is 2.92. The minimum atomic E-state index is -0.664. The standard InChI is InChI=1S/C6H6O4S2/c1-11-3-4(12-2-7)6(9)10-5(3)8/h7H,2H2,1H3. The predicted octanol–water partition coefficient (Wildman–Crippen LogP) is 0.327. The fourth-order valence-electron chi connectivity index (χ4n) is 0.727. The zero-order valence-corrected chi connectivity index (χ0v) is 7.83. The molecule has 0 amide bonds. The molecule has 1 rings (SSSR count). The molecule has 1 aliphatic heterocycles. The van der Waals surface area contributed by atoms with Crippen molar-refractivity contribution < 1.29 is 19.4 Å². The number of ether oxygens (including phenoxy) is 1. The van der Waals surface area contributed by atoms with Gasteiger partial charge in [-0.15, -0.1) is 11.8 Å². The van der Waals surface area contributed by atoms with E-state index in [-0.39, 0.29) is 15.7 Å². The summed E-state index contributed by atoms with van der Waals surface area (Å²) in [4.78, 5) is 22.3. The molecule has 0 radical (unpaired) electrons. The Morgan fingerprint density at radius 1 is 1.33 bits per heavy atom. The largest absolute Gasteiger partial charge is 0.385 e. The SMILES string of the molecule is CSC1=C(SCO)C(=O)OC1=O. The zero-order valence-electron chi connectivity index (χ0n) is 6.20. The highest BCUT2D eigenvalue weighted by molar-refractivity contribution is 8.07. The maximum atomic E-state index is 10.9. The average Bonchev–Trinajstić information content (AvgIpc) is 2.28. The van der Waals surface area contributed by atoms with Gasteiger partial charge in [0, 0.05) is 0 Å². The highest BCUT2D eigenvalue weighted by Crippen LogP contribution is 2.32. The van der Waals surface area contributed by atoms with Gasteiger partial charge in [0.05, 0.1) is 5.94 Å². The van der Waals surface area contributed by atoms with Crippen LogP contribution in [0.25, 0.3) is 0 Å². The van der Waals surface area contributed by atoms with E-state index in [2.05, 4.69) is 4.74 Å². The van der Waals surface area contributed by atoms with Gasteiger partial charge in [-0.05, 0) is 6.26 Å². The molecule has 0 saturated heterocycles. The van der Waals surface area contributed by atoms with Crippen LogP contribution >= 0.6 is 23.5 Å². The normalized spacial score (nSPS) is 17.2. The molecule has 4 nitrogen and oxygen atoms in total. The lowest BCUT2D eigenvalue weighted by atomic mass is 10.5. The molecule has 0 unspecified atom stereocenters. The van der Waals surface area contributed by atoms with Gasteiger partial charge in [-0.25, -0.2) is 9.59 Å². The molecule has 1 N–H and O–H groups in total. The third-order valence-corrected chi connectivity index (χ3v) is 2.87. The summed E-state index contributed by atoms with van der Waals surface area (Å²) in [6, 6.07) is 0. The second-order valence-electron chi connectivity index (χ2n) is 1.81. The van der Waals surface area contributed by atoms with Crippen molar-refractivity contribution in [3.63, 3.8) is 0 Å². The number of carbonyl (C=O) groups is 2. The smallest absolute Gasteiger partial charge is 0.354 e. The second kappa shape index (κ2) is 3.97. The summed E-state index contributed by atoms with van der Waals surface area (Å²) in [6.07, 6.45) is 1.67. The van der Waals surface area contributed by atoms with Crippen LogP contribution in [0.5, 0.6) is 0 Å². The Hall–Kier alpha value is -0.460. The molecule has 6 heteroatoms. The van der Waals surface area contributed by atoms with E-state index in [4.69, 9.17) is 5.11 Å². The number of aliphatic hydroxyl groups is 1. The number of aliphatic hydroxyl groups excluding tert-OH is 1. The van der Waals surface area contributed by atoms with Gasteiger partial charge in [-0.3, -0.25) is 0 Å². The Bertz CT molecular complexity index is 258. The first-order chi connectivity index (χ1) is 5.70. The van der Waals surface area contributed by atoms with Gasteiger partial charge in [0.25, 0.3) is 0 Å². The highest BCUT2D eigenvalue weighted by atomic mass is 32.2. The number of cyclic esters (lactones) is 2. The molecule has 0 aromatic carbocycles. The predicted molar refractivity (Wildman–Crippen MR) is 46.3 cm³/mol. The zero-order chi connectivity index (χ0) is 9.14. The molecule has 0 aliphatic carbocycles. The quantitative estimate of drug-likeness (QED) is 0.408. The molecule has 66 valence electrons. The molecule has 0 aromatic heterocycles. The number of hydrogen-bond acceptors (Lipinski definition) is 6. The molecule has 0 saturated carbocycles. The Morgan fingerprint density at radius 3 is 2.42 bits per heavy atom. The molecule has 12 heavy (non-hydrogen) atoms. The molecule has 0 spiro atoms. The van der Waals surface area contributed by atoms with E-state index < -0.39 is 11.9 Å². The summed E-state index contributed by atoms with van der Waals surface area (Å²) in [5, 5.41) is 8.54. The number of thioether (sulfide) groups is 2. The van der Waals surface area contributed by atoms with Gasteiger partial charge in [0.2, 0.25) is 0 Å². The summed E-state index contributed by atoms with van der Waals surface area (Å²) in [5.41, 5.74) is 0. The fraction of sp³-hybridized carbons (Fsp3) is 0.333. The number of esters is 2. The molecular weight excluding hydrogens is 200 g/mol. The monoisotopic (exact) mass is 206 g/mol. The van der Waals surface area contributed by atoms with Crippen LogP contribution in [0, 0.1) is 0 Å². The number of hydrogen-bond donors (Lipinski definition) is 1. The van der Waals surface area contributed by atoms with Gasteiger partial charge in [0.15, 0.2) is 0 Å². The van der Waals surface area contributed by atoms with E-state index in [1.54, 1.807) is 6.26 Å². The Morgan fingerprint density at radius 2 is 1.92 bits per heavy atom. The summed E-state index contributed by atoms with van der Waals surface area (Å²) in [5.74, 6) is -1.52. The van der Waals surface area contributed by atoms with Crippen molar-refractivity contribution in [2.24, 2.45) is 0 Å². The van der Waals surface area contributed by atoms with Crippen molar-refractivity contribution in [3.05, 3.63) is 9.81 Å². The number of rotatable bonds is 3. The van der Waals surface area contributed by atoms with Crippen molar-refractivity contribution in [2.75, 3.05) is 12.2 Å². The number of carbonyl (C=O) groups excluding carboxylic acids is 2. The summed E-state index contributed by atoms with van der Waals surface area (Å²) < 4.78 is 4.33. The molecule has 0 atom stereocenters. The maximum Gasteiger partial charge on any atom is 0.354 e. The van der Waals surface area contributed by atoms with Crippen molar-refractivity contribution >= 4 is 35.5 Å². The Kier molecular flexibility index (Phi) is 3.19. The van der Waals surface area contributed by atoms with Crippen LogP contribution in [-0.4, -0.2) is 29.2 Å². The van der Waals surface area contributed by atoms with Crippen LogP contribution in [-0.2, 0) is 14.3 Å². The van der Waals surface area contributed by atoms with E-state index in [1.165, 1.54) is 0 Å². The van der Waals surface area contributed by atoms with Crippen LogP contribution in [0.3, 0.4) is 0 Å². The third kappa shape index (κ3) is 1.65. The molecule has 0 fully saturated rings. The topological polar surface area (TPSA) is 63.6 Å². The maximum absolute atomic E-state index is 10.9. The van der Waals surface area contributed by atoms with E-state index >= 15 is 0 Å². The van der Waals surface area contributed by atoms with Gasteiger partial charge in [0.1, 0.15) is 9.81 Å². The fourth-order valence-corrected chi connectivity index (χ4v) is 2.13. The Labute approximate surface area is 77.3 Å². The lowest BCUT2D eigenvalue weighted by Gasteiger charge is -1.93. The van der Waals surface area contributed by atoms with Crippen LogP contribution in [0.2, 0.25) is 0 Å². The first-order valence-electron chi connectivity index (χ1n) is 2.99. The van der Waals surface area contributed by atoms with Crippen molar-refractivity contribution in [2.45, 2.75) is 0 Å². The van der Waals surface area contributed by atoms with E-state index in [9.17, 15) is 9.59 Å². The average molecular weight is 206 g/mol. The van der Waals surface area contributed by atoms with Crippen molar-refractivity contribution in [3.8, 4) is 0 Å². The van der Waals surface area contributed by atoms with Crippen LogP contribution in [0.1, 0.15) is 0 Å². The van der Waals surface area contributed by atoms with Crippen LogP contribution in [0.15, 0.2) is 9.81 Å².